The van der Waals surface area contributed by atoms with Crippen LogP contribution >= 0.6 is 0 Å². The maximum Gasteiger partial charge on any atom is 0.408 e. The monoisotopic (exact) mass is 638 g/mol. The molecule has 0 saturated carbocycles. The standard InChI is InChI=1S/C22H24N2O4.C12H22N2O4/c1-27-20(25)22(10-12-23-13-11-22)24-21(26)28-14-19-17-8-4-2-6-15(17)16-7-3-5-9-18(16)19;1-11(2,3)18-10(16)14-12(9(15)17-4)5-7-13-8-6-12/h2-9,19,23H,10-14H2,1H3,(H,24,26);13H,5-8H2,1-4H3,(H,14,16). The van der Waals surface area contributed by atoms with E-state index in [9.17, 15) is 19.2 Å². The minimum absolute atomic E-state index is 0.0137. The number of methoxy groups -OCH3 is 2. The van der Waals surface area contributed by atoms with E-state index in [1.165, 1.54) is 25.3 Å². The van der Waals surface area contributed by atoms with Crippen molar-refractivity contribution in [1.82, 2.24) is 21.3 Å². The predicted molar refractivity (Wildman–Crippen MR) is 171 cm³/mol. The lowest BCUT2D eigenvalue weighted by Crippen LogP contribution is -2.60. The van der Waals surface area contributed by atoms with Crippen LogP contribution in [0.15, 0.2) is 48.5 Å². The Labute approximate surface area is 270 Å². The van der Waals surface area contributed by atoms with Crippen molar-refractivity contribution in [2.45, 2.75) is 69.1 Å². The molecule has 2 aromatic rings. The zero-order valence-corrected chi connectivity index (χ0v) is 27.3. The molecule has 2 fully saturated rings. The van der Waals surface area contributed by atoms with Crippen LogP contribution in [-0.4, -0.2) is 87.8 Å². The van der Waals surface area contributed by atoms with Gasteiger partial charge in [0.25, 0.3) is 0 Å². The molecule has 12 nitrogen and oxygen atoms in total. The van der Waals surface area contributed by atoms with Crippen molar-refractivity contribution in [3.63, 3.8) is 0 Å². The van der Waals surface area contributed by atoms with Gasteiger partial charge in [0.2, 0.25) is 0 Å². The molecule has 46 heavy (non-hydrogen) atoms. The molecule has 4 N–H and O–H groups in total. The molecule has 3 aliphatic rings. The number of esters is 2. The van der Waals surface area contributed by atoms with Crippen LogP contribution in [0.1, 0.15) is 63.5 Å². The number of piperidine rings is 2. The highest BCUT2D eigenvalue weighted by Crippen LogP contribution is 2.44. The number of alkyl carbamates (subject to hydrolysis) is 2. The van der Waals surface area contributed by atoms with E-state index >= 15 is 0 Å². The van der Waals surface area contributed by atoms with E-state index < -0.39 is 40.8 Å². The zero-order chi connectivity index (χ0) is 33.4. The molecule has 0 unspecified atom stereocenters. The number of carbonyl (C=O) groups excluding carboxylic acids is 4. The molecule has 2 heterocycles. The summed E-state index contributed by atoms with van der Waals surface area (Å²) in [5, 5.41) is 11.8. The smallest absolute Gasteiger partial charge is 0.408 e. The molecule has 2 aliphatic heterocycles. The van der Waals surface area contributed by atoms with Crippen LogP contribution < -0.4 is 21.3 Å². The fourth-order valence-electron chi connectivity index (χ4n) is 6.19. The number of carbonyl (C=O) groups is 4. The minimum atomic E-state index is -1.03. The highest BCUT2D eigenvalue weighted by molar-refractivity contribution is 5.87. The van der Waals surface area contributed by atoms with Crippen LogP contribution in [0.5, 0.6) is 0 Å². The molecule has 0 spiro atoms. The van der Waals surface area contributed by atoms with Crippen molar-refractivity contribution in [2.75, 3.05) is 47.0 Å². The molecular formula is C34H46N4O8. The number of ether oxygens (including phenoxy) is 4. The maximum atomic E-state index is 12.6. The van der Waals surface area contributed by atoms with Gasteiger partial charge in [-0.05, 0) is 94.9 Å². The quantitative estimate of drug-likeness (QED) is 0.273. The Kier molecular flexibility index (Phi) is 11.3. The van der Waals surface area contributed by atoms with Gasteiger partial charge in [0.05, 0.1) is 14.2 Å². The summed E-state index contributed by atoms with van der Waals surface area (Å²) in [6, 6.07) is 16.4. The van der Waals surface area contributed by atoms with E-state index in [1.54, 1.807) is 20.8 Å². The lowest BCUT2D eigenvalue weighted by atomic mass is 9.88. The molecule has 0 aromatic heterocycles. The third-order valence-electron chi connectivity index (χ3n) is 8.49. The summed E-state index contributed by atoms with van der Waals surface area (Å²) < 4.78 is 20.5. The molecule has 5 rings (SSSR count). The van der Waals surface area contributed by atoms with E-state index in [2.05, 4.69) is 45.5 Å². The Morgan fingerprint density at radius 1 is 0.717 bits per heavy atom. The summed E-state index contributed by atoms with van der Waals surface area (Å²) in [5.41, 5.74) is 2.08. The summed E-state index contributed by atoms with van der Waals surface area (Å²) in [4.78, 5) is 48.5. The van der Waals surface area contributed by atoms with E-state index in [-0.39, 0.29) is 12.5 Å². The average molecular weight is 639 g/mol. The van der Waals surface area contributed by atoms with Crippen molar-refractivity contribution in [2.24, 2.45) is 0 Å². The molecule has 2 saturated heterocycles. The number of nitrogens with one attached hydrogen (secondary N) is 4. The molecule has 2 amide bonds. The number of amides is 2. The van der Waals surface area contributed by atoms with Gasteiger partial charge < -0.3 is 40.2 Å². The van der Waals surface area contributed by atoms with Crippen LogP contribution in [0.3, 0.4) is 0 Å². The van der Waals surface area contributed by atoms with Gasteiger partial charge in [0.15, 0.2) is 0 Å². The van der Waals surface area contributed by atoms with Crippen LogP contribution in [0, 0.1) is 0 Å². The zero-order valence-electron chi connectivity index (χ0n) is 27.3. The van der Waals surface area contributed by atoms with Gasteiger partial charge in [-0.15, -0.1) is 0 Å². The second-order valence-corrected chi connectivity index (χ2v) is 12.7. The second kappa shape index (κ2) is 15.0. The van der Waals surface area contributed by atoms with Gasteiger partial charge in [-0.25, -0.2) is 19.2 Å². The van der Waals surface area contributed by atoms with Gasteiger partial charge in [0, 0.05) is 5.92 Å². The van der Waals surface area contributed by atoms with Crippen LogP contribution in [0.4, 0.5) is 9.59 Å². The number of hydrogen-bond acceptors (Lipinski definition) is 10. The first-order chi connectivity index (χ1) is 21.9. The van der Waals surface area contributed by atoms with Crippen molar-refractivity contribution in [3.8, 4) is 11.1 Å². The predicted octanol–water partition coefficient (Wildman–Crippen LogP) is 3.63. The molecule has 1 aliphatic carbocycles. The first-order valence-electron chi connectivity index (χ1n) is 15.7. The highest BCUT2D eigenvalue weighted by Gasteiger charge is 2.44. The minimum Gasteiger partial charge on any atom is -0.467 e. The molecule has 250 valence electrons. The summed E-state index contributed by atoms with van der Waals surface area (Å²) >= 11 is 0. The van der Waals surface area contributed by atoms with Crippen molar-refractivity contribution >= 4 is 24.1 Å². The number of rotatable bonds is 6. The molecule has 2 aromatic carbocycles. The second-order valence-electron chi connectivity index (χ2n) is 12.7. The summed E-state index contributed by atoms with van der Waals surface area (Å²) in [5.74, 6) is -0.863. The molecule has 0 atom stereocenters. The molecular weight excluding hydrogens is 592 g/mol. The first kappa shape index (κ1) is 34.7. The molecule has 0 bridgehead atoms. The number of hydrogen-bond donors (Lipinski definition) is 4. The van der Waals surface area contributed by atoms with Crippen LogP contribution in [-0.2, 0) is 28.5 Å². The average Bonchev–Trinajstić information content (AvgIpc) is 3.36. The third-order valence-corrected chi connectivity index (χ3v) is 8.49. The van der Waals surface area contributed by atoms with E-state index in [0.29, 0.717) is 51.9 Å². The first-order valence-corrected chi connectivity index (χ1v) is 15.7. The Balaban J connectivity index is 0.000000232. The Hall–Kier alpha value is -4.16. The Bertz CT molecular complexity index is 1350. The van der Waals surface area contributed by atoms with Gasteiger partial charge in [-0.1, -0.05) is 48.5 Å². The highest BCUT2D eigenvalue weighted by atomic mass is 16.6. The van der Waals surface area contributed by atoms with Gasteiger partial charge in [-0.2, -0.15) is 0 Å². The van der Waals surface area contributed by atoms with Crippen molar-refractivity contribution in [1.29, 1.82) is 0 Å². The van der Waals surface area contributed by atoms with E-state index in [0.717, 1.165) is 11.1 Å². The van der Waals surface area contributed by atoms with E-state index in [4.69, 9.17) is 18.9 Å². The number of fused-ring (bicyclic) bond motifs is 3. The summed E-state index contributed by atoms with van der Waals surface area (Å²) in [6.07, 6.45) is 0.773. The lowest BCUT2D eigenvalue weighted by molar-refractivity contribution is -0.150. The lowest BCUT2D eigenvalue weighted by Gasteiger charge is -2.35. The summed E-state index contributed by atoms with van der Waals surface area (Å²) in [6.45, 7) is 8.14. The fraction of sp³-hybridized carbons (Fsp3) is 0.529. The van der Waals surface area contributed by atoms with Crippen molar-refractivity contribution in [3.05, 3.63) is 59.7 Å². The topological polar surface area (TPSA) is 153 Å². The fourth-order valence-corrected chi connectivity index (χ4v) is 6.19. The Morgan fingerprint density at radius 2 is 1.13 bits per heavy atom. The largest absolute Gasteiger partial charge is 0.467 e. The van der Waals surface area contributed by atoms with Gasteiger partial charge >= 0.3 is 24.1 Å². The molecule has 12 heteroatoms. The normalized spacial score (nSPS) is 17.9. The van der Waals surface area contributed by atoms with Crippen LogP contribution in [0.25, 0.3) is 11.1 Å². The van der Waals surface area contributed by atoms with E-state index in [1.807, 2.05) is 24.3 Å². The molecule has 0 radical (unpaired) electrons. The third kappa shape index (κ3) is 8.16. The summed E-state index contributed by atoms with van der Waals surface area (Å²) in [7, 11) is 2.66. The number of benzene rings is 2. The SMILES string of the molecule is COC(=O)C1(NC(=O)OC(C)(C)C)CCNCC1.COC(=O)C1(NC(=O)OCC2c3ccccc3-c3ccccc32)CCNCC1. The van der Waals surface area contributed by atoms with Crippen molar-refractivity contribution < 1.29 is 38.1 Å². The van der Waals surface area contributed by atoms with Gasteiger partial charge in [-0.3, -0.25) is 0 Å². The Morgan fingerprint density at radius 3 is 1.54 bits per heavy atom. The van der Waals surface area contributed by atoms with Gasteiger partial charge in [0.1, 0.15) is 23.3 Å². The maximum absolute atomic E-state index is 12.6. The van der Waals surface area contributed by atoms with Crippen LogP contribution in [0.2, 0.25) is 0 Å².